The molecule has 80 valence electrons. The van der Waals surface area contributed by atoms with Gasteiger partial charge < -0.3 is 0 Å². The fraction of sp³-hybridized carbons (Fsp3) is 0.467. The molecule has 0 nitrogen and oxygen atoms in total. The van der Waals surface area contributed by atoms with Crippen LogP contribution in [0, 0.1) is 0 Å². The Hall–Kier alpha value is -1.04. The lowest BCUT2D eigenvalue weighted by atomic mass is 9.92. The van der Waals surface area contributed by atoms with E-state index < -0.39 is 0 Å². The maximum absolute atomic E-state index is 3.86. The summed E-state index contributed by atoms with van der Waals surface area (Å²) < 4.78 is 0. The van der Waals surface area contributed by atoms with Crippen LogP contribution in [-0.2, 0) is 0 Å². The highest BCUT2D eigenvalue weighted by atomic mass is 14.2. The molecule has 1 unspecified atom stereocenters. The van der Waals surface area contributed by atoms with Crippen LogP contribution in [0.25, 0.3) is 0 Å². The highest BCUT2D eigenvalue weighted by molar-refractivity contribution is 5.30. The van der Waals surface area contributed by atoms with Crippen molar-refractivity contribution in [2.24, 2.45) is 0 Å². The molecular formula is C15H20. The van der Waals surface area contributed by atoms with Crippen LogP contribution in [0.1, 0.15) is 55.6 Å². The molecule has 1 aromatic rings. The molecular weight excluding hydrogens is 180 g/mol. The van der Waals surface area contributed by atoms with Crippen LogP contribution in [-0.4, -0.2) is 0 Å². The third-order valence-electron chi connectivity index (χ3n) is 3.62. The van der Waals surface area contributed by atoms with Crippen molar-refractivity contribution in [2.75, 3.05) is 0 Å². The van der Waals surface area contributed by atoms with E-state index in [0.717, 1.165) is 5.92 Å². The highest BCUT2D eigenvalue weighted by Crippen LogP contribution is 2.35. The molecule has 0 amide bonds. The van der Waals surface area contributed by atoms with E-state index in [0.29, 0.717) is 5.92 Å². The van der Waals surface area contributed by atoms with E-state index >= 15 is 0 Å². The van der Waals surface area contributed by atoms with Gasteiger partial charge in [0.15, 0.2) is 0 Å². The molecule has 0 radical (unpaired) electrons. The van der Waals surface area contributed by atoms with Gasteiger partial charge in [0.2, 0.25) is 0 Å². The topological polar surface area (TPSA) is 0 Å². The van der Waals surface area contributed by atoms with Crippen LogP contribution in [0.3, 0.4) is 0 Å². The van der Waals surface area contributed by atoms with Crippen LogP contribution < -0.4 is 0 Å². The molecule has 15 heavy (non-hydrogen) atoms. The first-order valence-electron chi connectivity index (χ1n) is 6.03. The minimum absolute atomic E-state index is 0.478. The van der Waals surface area contributed by atoms with Crippen molar-refractivity contribution in [3.8, 4) is 0 Å². The van der Waals surface area contributed by atoms with E-state index in [4.69, 9.17) is 0 Å². The average molecular weight is 200 g/mol. The second-order valence-corrected chi connectivity index (χ2v) is 4.68. The summed E-state index contributed by atoms with van der Waals surface area (Å²) in [6.45, 7) is 6.07. The molecule has 2 rings (SSSR count). The van der Waals surface area contributed by atoms with Gasteiger partial charge in [0.05, 0.1) is 0 Å². The number of allylic oxidation sites excluding steroid dienone is 1. The minimum Gasteiger partial charge on any atom is -0.102 e. The molecule has 0 spiro atoms. The molecule has 1 saturated carbocycles. The van der Waals surface area contributed by atoms with Crippen LogP contribution in [0.15, 0.2) is 36.9 Å². The fourth-order valence-corrected chi connectivity index (χ4v) is 2.49. The zero-order chi connectivity index (χ0) is 10.7. The normalized spacial score (nSPS) is 19.0. The van der Waals surface area contributed by atoms with Gasteiger partial charge in [0, 0.05) is 0 Å². The first-order chi connectivity index (χ1) is 7.31. The van der Waals surface area contributed by atoms with Crippen molar-refractivity contribution in [3.05, 3.63) is 48.0 Å². The summed E-state index contributed by atoms with van der Waals surface area (Å²) in [4.78, 5) is 0. The first-order valence-corrected chi connectivity index (χ1v) is 6.03. The van der Waals surface area contributed by atoms with Crippen molar-refractivity contribution in [3.63, 3.8) is 0 Å². The summed E-state index contributed by atoms with van der Waals surface area (Å²) >= 11 is 0. The standard InChI is InChI=1S/C15H20/c1-3-12(2)14-9-6-10-15(11-14)13-7-4-5-8-13/h3,6,9-13H,1,4-5,7-8H2,2H3. The predicted molar refractivity (Wildman–Crippen MR) is 66.3 cm³/mol. The van der Waals surface area contributed by atoms with Crippen molar-refractivity contribution < 1.29 is 0 Å². The van der Waals surface area contributed by atoms with Crippen molar-refractivity contribution in [1.29, 1.82) is 0 Å². The van der Waals surface area contributed by atoms with E-state index in [-0.39, 0.29) is 0 Å². The Labute approximate surface area is 93.0 Å². The molecule has 0 heteroatoms. The molecule has 0 bridgehead atoms. The number of rotatable bonds is 3. The van der Waals surface area contributed by atoms with Crippen molar-refractivity contribution in [2.45, 2.75) is 44.4 Å². The summed E-state index contributed by atoms with van der Waals surface area (Å²) in [5.74, 6) is 1.30. The van der Waals surface area contributed by atoms with Gasteiger partial charge in [-0.05, 0) is 35.8 Å². The van der Waals surface area contributed by atoms with Crippen LogP contribution in [0.4, 0.5) is 0 Å². The number of hydrogen-bond donors (Lipinski definition) is 0. The second kappa shape index (κ2) is 4.65. The molecule has 1 aliphatic rings. The molecule has 0 N–H and O–H groups in total. The summed E-state index contributed by atoms with van der Waals surface area (Å²) in [5.41, 5.74) is 2.95. The first kappa shape index (κ1) is 10.5. The van der Waals surface area contributed by atoms with Gasteiger partial charge in [-0.3, -0.25) is 0 Å². The molecule has 0 heterocycles. The zero-order valence-corrected chi connectivity index (χ0v) is 9.58. The molecule has 1 fully saturated rings. The Morgan fingerprint density at radius 3 is 2.73 bits per heavy atom. The van der Waals surface area contributed by atoms with Crippen molar-refractivity contribution in [1.82, 2.24) is 0 Å². The quantitative estimate of drug-likeness (QED) is 0.624. The van der Waals surface area contributed by atoms with E-state index in [2.05, 4.69) is 37.8 Å². The Bertz CT molecular complexity index is 332. The lowest BCUT2D eigenvalue weighted by Crippen LogP contribution is -1.95. The van der Waals surface area contributed by atoms with Gasteiger partial charge in [0.1, 0.15) is 0 Å². The highest BCUT2D eigenvalue weighted by Gasteiger charge is 2.17. The Morgan fingerprint density at radius 2 is 2.07 bits per heavy atom. The van der Waals surface area contributed by atoms with Crippen LogP contribution in [0.2, 0.25) is 0 Å². The number of hydrogen-bond acceptors (Lipinski definition) is 0. The van der Waals surface area contributed by atoms with Gasteiger partial charge in [-0.2, -0.15) is 0 Å². The van der Waals surface area contributed by atoms with E-state index in [1.165, 1.54) is 31.2 Å². The second-order valence-electron chi connectivity index (χ2n) is 4.68. The fourth-order valence-electron chi connectivity index (χ4n) is 2.49. The van der Waals surface area contributed by atoms with Crippen molar-refractivity contribution >= 4 is 0 Å². The molecule has 1 atom stereocenters. The molecule has 0 aliphatic heterocycles. The van der Waals surface area contributed by atoms with Gasteiger partial charge >= 0.3 is 0 Å². The summed E-state index contributed by atoms with van der Waals surface area (Å²) in [6.07, 6.45) is 7.60. The minimum atomic E-state index is 0.478. The van der Waals surface area contributed by atoms with E-state index in [1.807, 2.05) is 6.08 Å². The zero-order valence-electron chi connectivity index (χ0n) is 9.58. The van der Waals surface area contributed by atoms with Gasteiger partial charge in [0.25, 0.3) is 0 Å². The molecule has 0 saturated heterocycles. The maximum atomic E-state index is 3.86. The predicted octanol–water partition coefficient (Wildman–Crippen LogP) is 4.63. The lowest BCUT2D eigenvalue weighted by Gasteiger charge is -2.13. The Kier molecular flexibility index (Phi) is 3.25. The Balaban J connectivity index is 2.21. The third-order valence-corrected chi connectivity index (χ3v) is 3.62. The summed E-state index contributed by atoms with van der Waals surface area (Å²) in [6, 6.07) is 9.07. The largest absolute Gasteiger partial charge is 0.102 e. The maximum Gasteiger partial charge on any atom is -0.00130 e. The Morgan fingerprint density at radius 1 is 1.33 bits per heavy atom. The summed E-state index contributed by atoms with van der Waals surface area (Å²) in [5, 5.41) is 0. The average Bonchev–Trinajstić information content (AvgIpc) is 2.82. The third kappa shape index (κ3) is 2.31. The number of benzene rings is 1. The van der Waals surface area contributed by atoms with Gasteiger partial charge in [-0.15, -0.1) is 6.58 Å². The SMILES string of the molecule is C=CC(C)c1cccc(C2CCCC2)c1. The van der Waals surface area contributed by atoms with Crippen LogP contribution >= 0.6 is 0 Å². The van der Waals surface area contributed by atoms with Gasteiger partial charge in [-0.25, -0.2) is 0 Å². The van der Waals surface area contributed by atoms with E-state index in [9.17, 15) is 0 Å². The molecule has 0 aromatic heterocycles. The van der Waals surface area contributed by atoms with Crippen LogP contribution in [0.5, 0.6) is 0 Å². The van der Waals surface area contributed by atoms with Gasteiger partial charge in [-0.1, -0.05) is 50.1 Å². The summed E-state index contributed by atoms with van der Waals surface area (Å²) in [7, 11) is 0. The molecule has 1 aliphatic carbocycles. The lowest BCUT2D eigenvalue weighted by molar-refractivity contribution is 0.721. The van der Waals surface area contributed by atoms with E-state index in [1.54, 1.807) is 5.56 Å². The molecule has 1 aromatic carbocycles. The monoisotopic (exact) mass is 200 g/mol. The smallest absolute Gasteiger partial charge is 0.00130 e.